The number of aliphatic carboxylic acids is 1. The van der Waals surface area contributed by atoms with Gasteiger partial charge in [0.05, 0.1) is 48.4 Å². The van der Waals surface area contributed by atoms with Crippen molar-refractivity contribution >= 4 is 40.2 Å². The zero-order valence-corrected chi connectivity index (χ0v) is 22.9. The Labute approximate surface area is 234 Å². The summed E-state index contributed by atoms with van der Waals surface area (Å²) in [7, 11) is 1.61. The van der Waals surface area contributed by atoms with E-state index in [1.54, 1.807) is 30.1 Å². The Morgan fingerprint density at radius 3 is 2.42 bits per heavy atom. The second-order valence-electron chi connectivity index (χ2n) is 9.94. The van der Waals surface area contributed by atoms with Gasteiger partial charge >= 0.3 is 5.97 Å². The molecule has 10 heteroatoms. The topological polar surface area (TPSA) is 87.9 Å². The first-order chi connectivity index (χ1) is 19.3. The van der Waals surface area contributed by atoms with Crippen molar-refractivity contribution in [2.24, 2.45) is 5.92 Å². The van der Waals surface area contributed by atoms with Crippen molar-refractivity contribution in [3.63, 3.8) is 0 Å². The lowest BCUT2D eigenvalue weighted by atomic mass is 9.92. The van der Waals surface area contributed by atoms with Gasteiger partial charge in [-0.3, -0.25) is 4.79 Å². The first-order valence-electron chi connectivity index (χ1n) is 12.8. The molecule has 40 heavy (non-hydrogen) atoms. The number of halogens is 1. The van der Waals surface area contributed by atoms with Crippen molar-refractivity contribution < 1.29 is 23.8 Å². The van der Waals surface area contributed by atoms with Crippen LogP contribution in [0.2, 0.25) is 0 Å². The molecule has 1 amide bonds. The van der Waals surface area contributed by atoms with E-state index in [1.165, 1.54) is 23.9 Å². The Kier molecular flexibility index (Phi) is 6.50. The minimum Gasteiger partial charge on any atom is -0.497 e. The summed E-state index contributed by atoms with van der Waals surface area (Å²) in [5, 5.41) is 15.1. The Bertz CT molecular complexity index is 1650. The normalized spacial score (nSPS) is 21.1. The van der Waals surface area contributed by atoms with Gasteiger partial charge in [-0.15, -0.1) is 0 Å². The zero-order chi connectivity index (χ0) is 28.1. The molecule has 3 unspecified atom stereocenters. The number of nitrogens with zero attached hydrogens (tertiary/aromatic N) is 4. The van der Waals surface area contributed by atoms with E-state index in [1.807, 2.05) is 61.2 Å². The van der Waals surface area contributed by atoms with E-state index >= 15 is 0 Å². The molecular formula is C30H27FN4O4S. The average molecular weight is 559 g/mol. The number of aromatic nitrogens is 2. The number of hydrogen-bond donors (Lipinski definition) is 1. The van der Waals surface area contributed by atoms with Crippen LogP contribution in [0.4, 0.5) is 10.1 Å². The molecule has 1 fully saturated rings. The molecule has 2 aliphatic heterocycles. The molecule has 6 rings (SSSR count). The number of hydrogen-bond acceptors (Lipinski definition) is 6. The SMILES string of the molecule is COc1ccc(C2C(N3CSC(C(=O)O)=C3C)C(C)C(=O)N2c2ccc3c(cnn3-c3ccc(F)cc3)c2)cc1. The van der Waals surface area contributed by atoms with Crippen LogP contribution in [0.1, 0.15) is 25.5 Å². The molecule has 1 saturated heterocycles. The molecule has 0 aliphatic carbocycles. The maximum Gasteiger partial charge on any atom is 0.344 e. The largest absolute Gasteiger partial charge is 0.497 e. The summed E-state index contributed by atoms with van der Waals surface area (Å²) in [6.45, 7) is 3.72. The van der Waals surface area contributed by atoms with Crippen molar-refractivity contribution in [2.45, 2.75) is 25.9 Å². The molecule has 2 aliphatic rings. The van der Waals surface area contributed by atoms with Gasteiger partial charge in [-0.1, -0.05) is 30.8 Å². The molecule has 0 spiro atoms. The molecule has 3 heterocycles. The van der Waals surface area contributed by atoms with E-state index in [4.69, 9.17) is 4.74 Å². The number of anilines is 1. The second-order valence-corrected chi connectivity index (χ2v) is 10.9. The molecule has 3 atom stereocenters. The number of benzene rings is 3. The van der Waals surface area contributed by atoms with Gasteiger partial charge in [0.1, 0.15) is 16.5 Å². The van der Waals surface area contributed by atoms with E-state index in [0.29, 0.717) is 22.2 Å². The average Bonchev–Trinajstić information content (AvgIpc) is 3.62. The maximum absolute atomic E-state index is 14.0. The van der Waals surface area contributed by atoms with Gasteiger partial charge in [0.15, 0.2) is 0 Å². The van der Waals surface area contributed by atoms with Gasteiger partial charge in [0, 0.05) is 16.8 Å². The van der Waals surface area contributed by atoms with Crippen LogP contribution in [0.5, 0.6) is 5.75 Å². The standard InChI is InChI=1S/C30H27FN4O4S/c1-17-26(33-16-40-28(18(33)2)30(37)38)27(19-4-11-24(39-3)12-5-19)34(29(17)36)23-10-13-25-20(14-23)15-32-35(25)22-8-6-21(31)7-9-22/h4-15,17,26-27H,16H2,1-3H3,(H,37,38). The highest BCUT2D eigenvalue weighted by Gasteiger charge is 2.51. The zero-order valence-electron chi connectivity index (χ0n) is 22.1. The van der Waals surface area contributed by atoms with Crippen LogP contribution in [0, 0.1) is 11.7 Å². The lowest BCUT2D eigenvalue weighted by molar-refractivity contribution is -0.131. The summed E-state index contributed by atoms with van der Waals surface area (Å²) in [4.78, 5) is 30.0. The molecule has 1 aromatic heterocycles. The third kappa shape index (κ3) is 4.19. The lowest BCUT2D eigenvalue weighted by Gasteiger charge is -2.36. The van der Waals surface area contributed by atoms with Crippen LogP contribution in [-0.4, -0.2) is 50.7 Å². The number of rotatable bonds is 6. The summed E-state index contributed by atoms with van der Waals surface area (Å²) in [6, 6.07) is 18.9. The van der Waals surface area contributed by atoms with E-state index in [0.717, 1.165) is 27.8 Å². The highest BCUT2D eigenvalue weighted by molar-refractivity contribution is 8.04. The van der Waals surface area contributed by atoms with Crippen LogP contribution in [0.3, 0.4) is 0 Å². The van der Waals surface area contributed by atoms with Crippen molar-refractivity contribution in [1.82, 2.24) is 14.7 Å². The Morgan fingerprint density at radius 2 is 1.77 bits per heavy atom. The number of carboxylic acids is 1. The second kappa shape index (κ2) is 10.0. The molecule has 0 saturated carbocycles. The van der Waals surface area contributed by atoms with Crippen LogP contribution in [0.25, 0.3) is 16.6 Å². The minimum atomic E-state index is -0.955. The lowest BCUT2D eigenvalue weighted by Crippen LogP contribution is -2.40. The highest BCUT2D eigenvalue weighted by atomic mass is 32.2. The molecule has 0 bridgehead atoms. The summed E-state index contributed by atoms with van der Waals surface area (Å²) in [5.41, 5.74) is 3.87. The smallest absolute Gasteiger partial charge is 0.344 e. The van der Waals surface area contributed by atoms with Gasteiger partial charge in [-0.2, -0.15) is 5.10 Å². The van der Waals surface area contributed by atoms with Gasteiger partial charge in [0.2, 0.25) is 5.91 Å². The minimum absolute atomic E-state index is 0.0438. The molecule has 8 nitrogen and oxygen atoms in total. The van der Waals surface area contributed by atoms with Crippen LogP contribution < -0.4 is 9.64 Å². The van der Waals surface area contributed by atoms with Crippen LogP contribution >= 0.6 is 11.8 Å². The third-order valence-electron chi connectivity index (χ3n) is 7.76. The van der Waals surface area contributed by atoms with Gasteiger partial charge < -0.3 is 19.6 Å². The first-order valence-corrected chi connectivity index (χ1v) is 13.8. The fraction of sp³-hybridized carbons (Fsp3) is 0.233. The Morgan fingerprint density at radius 1 is 1.07 bits per heavy atom. The molecule has 4 aromatic rings. The number of allylic oxidation sites excluding steroid dienone is 1. The Balaban J connectivity index is 1.45. The maximum atomic E-state index is 14.0. The number of carbonyl (C=O) groups excluding carboxylic acids is 1. The van der Waals surface area contributed by atoms with Crippen molar-refractivity contribution in [1.29, 1.82) is 0 Å². The van der Waals surface area contributed by atoms with E-state index in [9.17, 15) is 19.1 Å². The van der Waals surface area contributed by atoms with Gasteiger partial charge in [-0.25, -0.2) is 13.9 Å². The number of amides is 1. The fourth-order valence-electron chi connectivity index (χ4n) is 5.75. The summed E-state index contributed by atoms with van der Waals surface area (Å²) >= 11 is 1.28. The van der Waals surface area contributed by atoms with Gasteiger partial charge in [-0.05, 0) is 67.1 Å². The molecular weight excluding hydrogens is 531 g/mol. The third-order valence-corrected chi connectivity index (χ3v) is 8.93. The number of carbonyl (C=O) groups is 2. The number of ether oxygens (including phenoxy) is 1. The van der Waals surface area contributed by atoms with E-state index in [-0.39, 0.29) is 23.8 Å². The fourth-order valence-corrected chi connectivity index (χ4v) is 6.84. The summed E-state index contributed by atoms with van der Waals surface area (Å²) in [5.74, 6) is -0.547. The predicted molar refractivity (Wildman–Crippen MR) is 152 cm³/mol. The number of methoxy groups -OCH3 is 1. The summed E-state index contributed by atoms with van der Waals surface area (Å²) < 4.78 is 20.6. The molecule has 1 N–H and O–H groups in total. The molecule has 3 aromatic carbocycles. The molecule has 204 valence electrons. The first kappa shape index (κ1) is 25.9. The van der Waals surface area contributed by atoms with E-state index in [2.05, 4.69) is 10.00 Å². The number of carboxylic acid groups (broad SMARTS) is 1. The predicted octanol–water partition coefficient (Wildman–Crippen LogP) is 5.59. The number of thioether (sulfide) groups is 1. The van der Waals surface area contributed by atoms with Crippen molar-refractivity contribution in [2.75, 3.05) is 17.9 Å². The van der Waals surface area contributed by atoms with Crippen LogP contribution in [0.15, 0.2) is 83.5 Å². The van der Waals surface area contributed by atoms with E-state index < -0.39 is 11.9 Å². The highest BCUT2D eigenvalue weighted by Crippen LogP contribution is 2.47. The summed E-state index contributed by atoms with van der Waals surface area (Å²) in [6.07, 6.45) is 1.73. The van der Waals surface area contributed by atoms with Crippen molar-refractivity contribution in [3.8, 4) is 11.4 Å². The molecule has 0 radical (unpaired) electrons. The van der Waals surface area contributed by atoms with Crippen molar-refractivity contribution in [3.05, 3.63) is 94.9 Å². The monoisotopic (exact) mass is 558 g/mol. The van der Waals surface area contributed by atoms with Crippen LogP contribution in [-0.2, 0) is 9.59 Å². The number of fused-ring (bicyclic) bond motifs is 1. The Hall–Kier alpha value is -4.31. The quantitative estimate of drug-likeness (QED) is 0.330. The van der Waals surface area contributed by atoms with Gasteiger partial charge in [0.25, 0.3) is 0 Å².